The summed E-state index contributed by atoms with van der Waals surface area (Å²) in [6.07, 6.45) is 0.984. The van der Waals surface area contributed by atoms with Gasteiger partial charge in [-0.25, -0.2) is 0 Å². The summed E-state index contributed by atoms with van der Waals surface area (Å²) in [6, 6.07) is 11.3. The van der Waals surface area contributed by atoms with Gasteiger partial charge in [-0.2, -0.15) is 0 Å². The molecular formula is C25H32N2O5. The van der Waals surface area contributed by atoms with E-state index in [1.54, 1.807) is 19.2 Å². The number of amides is 1. The second kappa shape index (κ2) is 9.10. The van der Waals surface area contributed by atoms with Crippen LogP contribution in [0.5, 0.6) is 11.5 Å². The quantitative estimate of drug-likeness (QED) is 0.661. The van der Waals surface area contributed by atoms with Crippen LogP contribution in [0.3, 0.4) is 0 Å². The number of anilines is 1. The van der Waals surface area contributed by atoms with Crippen molar-refractivity contribution in [2.24, 2.45) is 0 Å². The first-order valence-corrected chi connectivity index (χ1v) is 11.1. The van der Waals surface area contributed by atoms with E-state index < -0.39 is 12.2 Å². The molecule has 1 saturated heterocycles. The van der Waals surface area contributed by atoms with Crippen molar-refractivity contribution in [3.05, 3.63) is 53.1 Å². The highest BCUT2D eigenvalue weighted by atomic mass is 16.5. The third-order valence-corrected chi connectivity index (χ3v) is 6.53. The van der Waals surface area contributed by atoms with Gasteiger partial charge in [-0.3, -0.25) is 4.79 Å². The number of nitrogens with one attached hydrogen (secondary N) is 1. The van der Waals surface area contributed by atoms with E-state index in [-0.39, 0.29) is 11.5 Å². The van der Waals surface area contributed by atoms with Gasteiger partial charge in [-0.15, -0.1) is 0 Å². The maximum Gasteiger partial charge on any atom is 0.221 e. The molecule has 0 bridgehead atoms. The number of aliphatic hydroxyl groups excluding tert-OH is 2. The van der Waals surface area contributed by atoms with Gasteiger partial charge in [0.25, 0.3) is 0 Å². The van der Waals surface area contributed by atoms with Crippen molar-refractivity contribution in [3.8, 4) is 11.5 Å². The Bertz CT molecular complexity index is 984. The standard InChI is InChI=1S/C25H32N2O5/c1-16-4-6-23-19(12-16)21(29)14-25(32-23)8-10-27(11-9-25)15-22(30)18-5-7-24(31-3)20(13-18)26-17(2)28/h4-7,12-13,21-22,29-30H,8-11,14-15H2,1-3H3,(H,26,28)/t21-,22-/m1/s1. The monoisotopic (exact) mass is 440 g/mol. The van der Waals surface area contributed by atoms with Crippen molar-refractivity contribution in [1.82, 2.24) is 4.90 Å². The highest BCUT2D eigenvalue weighted by molar-refractivity contribution is 5.90. The molecule has 2 aromatic rings. The Kier molecular flexibility index (Phi) is 6.42. The van der Waals surface area contributed by atoms with Crippen LogP contribution in [-0.2, 0) is 4.79 Å². The minimum atomic E-state index is -0.691. The summed E-state index contributed by atoms with van der Waals surface area (Å²) in [5.74, 6) is 1.15. The Morgan fingerprint density at radius 3 is 2.72 bits per heavy atom. The van der Waals surface area contributed by atoms with Crippen LogP contribution < -0.4 is 14.8 Å². The highest BCUT2D eigenvalue weighted by Gasteiger charge is 2.43. The summed E-state index contributed by atoms with van der Waals surface area (Å²) in [7, 11) is 1.55. The first-order valence-electron chi connectivity index (χ1n) is 11.1. The normalized spacial score (nSPS) is 20.8. The van der Waals surface area contributed by atoms with Crippen LogP contribution in [0.15, 0.2) is 36.4 Å². The van der Waals surface area contributed by atoms with Crippen molar-refractivity contribution in [2.45, 2.75) is 50.9 Å². The molecule has 2 atom stereocenters. The van der Waals surface area contributed by atoms with Gasteiger partial charge in [0.2, 0.25) is 5.91 Å². The van der Waals surface area contributed by atoms with Crippen LogP contribution in [-0.4, -0.2) is 53.4 Å². The molecule has 1 fully saturated rings. The van der Waals surface area contributed by atoms with E-state index in [2.05, 4.69) is 10.2 Å². The van der Waals surface area contributed by atoms with Crippen molar-refractivity contribution in [2.75, 3.05) is 32.1 Å². The summed E-state index contributed by atoms with van der Waals surface area (Å²) in [4.78, 5) is 13.7. The molecule has 2 aromatic carbocycles. The molecule has 1 amide bonds. The summed E-state index contributed by atoms with van der Waals surface area (Å²) in [5, 5.41) is 24.3. The number of ether oxygens (including phenoxy) is 2. The Labute approximate surface area is 189 Å². The van der Waals surface area contributed by atoms with Crippen molar-refractivity contribution < 1.29 is 24.5 Å². The Hall–Kier alpha value is -2.61. The number of hydrogen-bond acceptors (Lipinski definition) is 6. The molecule has 2 heterocycles. The summed E-state index contributed by atoms with van der Waals surface area (Å²) >= 11 is 0. The third-order valence-electron chi connectivity index (χ3n) is 6.53. The van der Waals surface area contributed by atoms with E-state index >= 15 is 0 Å². The molecule has 7 nitrogen and oxygen atoms in total. The van der Waals surface area contributed by atoms with Gasteiger partial charge in [0, 0.05) is 38.5 Å². The van der Waals surface area contributed by atoms with Gasteiger partial charge in [-0.1, -0.05) is 17.7 Å². The zero-order valence-corrected chi connectivity index (χ0v) is 18.9. The molecule has 0 unspecified atom stereocenters. The van der Waals surface area contributed by atoms with Crippen molar-refractivity contribution >= 4 is 11.6 Å². The van der Waals surface area contributed by atoms with E-state index in [9.17, 15) is 15.0 Å². The van der Waals surface area contributed by atoms with E-state index in [4.69, 9.17) is 9.47 Å². The fraction of sp³-hybridized carbons (Fsp3) is 0.480. The third kappa shape index (κ3) is 4.75. The van der Waals surface area contributed by atoms with Gasteiger partial charge in [0.05, 0.1) is 25.0 Å². The molecule has 4 rings (SSSR count). The number of nitrogens with zero attached hydrogens (tertiary/aromatic N) is 1. The number of hydrogen-bond donors (Lipinski definition) is 3. The second-order valence-corrected chi connectivity index (χ2v) is 9.00. The van der Waals surface area contributed by atoms with E-state index in [0.717, 1.165) is 48.4 Å². The number of aliphatic hydroxyl groups is 2. The second-order valence-electron chi connectivity index (χ2n) is 9.00. The Morgan fingerprint density at radius 1 is 1.28 bits per heavy atom. The SMILES string of the molecule is COc1ccc([C@H](O)CN2CCC3(CC2)C[C@@H](O)c2cc(C)ccc2O3)cc1NC(C)=O. The summed E-state index contributed by atoms with van der Waals surface area (Å²) in [6.45, 7) is 5.50. The summed E-state index contributed by atoms with van der Waals surface area (Å²) < 4.78 is 11.7. The lowest BCUT2D eigenvalue weighted by atomic mass is 9.81. The molecule has 0 radical (unpaired) electrons. The first kappa shape index (κ1) is 22.6. The lowest BCUT2D eigenvalue weighted by Crippen LogP contribution is -2.51. The zero-order chi connectivity index (χ0) is 22.9. The molecule has 0 aliphatic carbocycles. The summed E-state index contributed by atoms with van der Waals surface area (Å²) in [5.41, 5.74) is 2.91. The number of piperidine rings is 1. The molecule has 172 valence electrons. The van der Waals surface area contributed by atoms with Crippen LogP contribution in [0, 0.1) is 6.92 Å². The number of rotatable bonds is 5. The molecule has 2 aliphatic rings. The van der Waals surface area contributed by atoms with Crippen LogP contribution in [0.2, 0.25) is 0 Å². The lowest BCUT2D eigenvalue weighted by molar-refractivity contribution is -0.114. The van der Waals surface area contributed by atoms with E-state index in [1.807, 2.05) is 31.2 Å². The largest absolute Gasteiger partial charge is 0.495 e. The highest BCUT2D eigenvalue weighted by Crippen LogP contribution is 2.44. The minimum absolute atomic E-state index is 0.192. The number of aryl methyl sites for hydroxylation is 1. The van der Waals surface area contributed by atoms with E-state index in [1.165, 1.54) is 6.92 Å². The number of β-amino-alcohol motifs (C(OH)–C–C–N with tert-alkyl or cyclic N) is 1. The number of methoxy groups -OCH3 is 1. The predicted molar refractivity (Wildman–Crippen MR) is 122 cm³/mol. The molecule has 7 heteroatoms. The number of benzene rings is 2. The fourth-order valence-electron chi connectivity index (χ4n) is 4.78. The molecular weight excluding hydrogens is 408 g/mol. The maximum atomic E-state index is 11.5. The van der Waals surface area contributed by atoms with Crippen LogP contribution >= 0.6 is 0 Å². The number of fused-ring (bicyclic) bond motifs is 1. The van der Waals surface area contributed by atoms with Gasteiger partial charge in [-0.05, 0) is 49.6 Å². The maximum absolute atomic E-state index is 11.5. The van der Waals surface area contributed by atoms with Crippen molar-refractivity contribution in [1.29, 1.82) is 0 Å². The van der Waals surface area contributed by atoms with Crippen molar-refractivity contribution in [3.63, 3.8) is 0 Å². The first-order chi connectivity index (χ1) is 15.3. The van der Waals surface area contributed by atoms with Gasteiger partial charge < -0.3 is 29.9 Å². The fourth-order valence-corrected chi connectivity index (χ4v) is 4.78. The van der Waals surface area contributed by atoms with Gasteiger partial charge in [0.15, 0.2) is 0 Å². The van der Waals surface area contributed by atoms with Crippen LogP contribution in [0.4, 0.5) is 5.69 Å². The van der Waals surface area contributed by atoms with Crippen LogP contribution in [0.25, 0.3) is 0 Å². The Balaban J connectivity index is 1.39. The average molecular weight is 441 g/mol. The Morgan fingerprint density at radius 2 is 2.03 bits per heavy atom. The predicted octanol–water partition coefficient (Wildman–Crippen LogP) is 3.35. The topological polar surface area (TPSA) is 91.3 Å². The molecule has 1 spiro atoms. The molecule has 0 aromatic heterocycles. The molecule has 2 aliphatic heterocycles. The number of carbonyl (C=O) groups is 1. The average Bonchev–Trinajstić information content (AvgIpc) is 2.76. The molecule has 32 heavy (non-hydrogen) atoms. The number of carbonyl (C=O) groups excluding carboxylic acids is 1. The minimum Gasteiger partial charge on any atom is -0.495 e. The smallest absolute Gasteiger partial charge is 0.221 e. The van der Waals surface area contributed by atoms with Gasteiger partial charge >= 0.3 is 0 Å². The number of likely N-dealkylation sites (tertiary alicyclic amines) is 1. The van der Waals surface area contributed by atoms with Gasteiger partial charge in [0.1, 0.15) is 17.1 Å². The van der Waals surface area contributed by atoms with E-state index in [0.29, 0.717) is 24.4 Å². The molecule has 0 saturated carbocycles. The lowest BCUT2D eigenvalue weighted by Gasteiger charge is -2.46. The molecule has 3 N–H and O–H groups in total. The van der Waals surface area contributed by atoms with Crippen LogP contribution in [0.1, 0.15) is 55.1 Å². The zero-order valence-electron chi connectivity index (χ0n) is 18.9.